The van der Waals surface area contributed by atoms with E-state index in [1.54, 1.807) is 0 Å². The fourth-order valence-corrected chi connectivity index (χ4v) is 0.822. The van der Waals surface area contributed by atoms with Crippen LogP contribution in [0.25, 0.3) is 0 Å². The summed E-state index contributed by atoms with van der Waals surface area (Å²) in [6.45, 7) is 6.94. The van der Waals surface area contributed by atoms with E-state index in [4.69, 9.17) is 0 Å². The molecule has 0 unspecified atom stereocenters. The van der Waals surface area contributed by atoms with E-state index in [2.05, 4.69) is 26.5 Å². The first-order valence-corrected chi connectivity index (χ1v) is 5.55. The van der Waals surface area contributed by atoms with Crippen LogP contribution >= 0.6 is 0 Å². The Kier molecular flexibility index (Phi) is 2.99. The number of rotatable bonds is 2. The van der Waals surface area contributed by atoms with Gasteiger partial charge in [-0.3, -0.25) is 0 Å². The Bertz CT molecular complexity index is 42.1. The van der Waals surface area contributed by atoms with E-state index in [-0.39, 0.29) is 0 Å². The van der Waals surface area contributed by atoms with Crippen molar-refractivity contribution in [3.05, 3.63) is 0 Å². The molecule has 0 aliphatic rings. The van der Waals surface area contributed by atoms with Crippen LogP contribution in [-0.2, 0) is 0 Å². The first kappa shape index (κ1) is 7.56. The molecule has 0 saturated heterocycles. The maximum absolute atomic E-state index is 2.34. The molecule has 0 aliphatic carbocycles. The molecule has 0 amide bonds. The van der Waals surface area contributed by atoms with Gasteiger partial charge >= 0.3 is 52.9 Å². The second-order valence-electron chi connectivity index (χ2n) is 2.39. The summed E-state index contributed by atoms with van der Waals surface area (Å²) in [5, 5.41) is 0. The minimum atomic E-state index is 0.584. The third-order valence-corrected chi connectivity index (χ3v) is 4.67. The summed E-state index contributed by atoms with van der Waals surface area (Å²) in [4.78, 5) is 0. The van der Waals surface area contributed by atoms with Crippen molar-refractivity contribution in [1.82, 2.24) is 0 Å². The van der Waals surface area contributed by atoms with E-state index in [1.807, 2.05) is 0 Å². The maximum atomic E-state index is 2.34. The van der Waals surface area contributed by atoms with Crippen molar-refractivity contribution < 1.29 is 0 Å². The van der Waals surface area contributed by atoms with Crippen LogP contribution in [0, 0.1) is 0 Å². The van der Waals surface area contributed by atoms with E-state index < -0.39 is 0 Å². The Morgan fingerprint density at radius 1 is 1.43 bits per heavy atom. The molecule has 0 atom stereocenters. The van der Waals surface area contributed by atoms with Crippen molar-refractivity contribution in [3.63, 3.8) is 0 Å². The van der Waals surface area contributed by atoms with Gasteiger partial charge < -0.3 is 0 Å². The van der Waals surface area contributed by atoms with Crippen LogP contribution in [-0.4, -0.2) is 15.8 Å². The first-order chi connectivity index (χ1) is 3.12. The average molecular weight is 161 g/mol. The quantitative estimate of drug-likeness (QED) is 0.545. The van der Waals surface area contributed by atoms with Crippen LogP contribution in [0.4, 0.5) is 0 Å². The van der Waals surface area contributed by atoms with E-state index in [9.17, 15) is 0 Å². The molecule has 0 bridgehead atoms. The van der Waals surface area contributed by atoms with Gasteiger partial charge in [-0.1, -0.05) is 0 Å². The van der Waals surface area contributed by atoms with Crippen LogP contribution in [0.15, 0.2) is 0 Å². The molecule has 7 heavy (non-hydrogen) atoms. The number of hydrogen-bond donors (Lipinski definition) is 0. The molecule has 43 valence electrons. The number of hydrogen-bond acceptors (Lipinski definition) is 0. The molecule has 0 nitrogen and oxygen atoms in total. The van der Waals surface area contributed by atoms with Gasteiger partial charge in [0.05, 0.1) is 0 Å². The van der Waals surface area contributed by atoms with E-state index in [1.165, 1.54) is 6.42 Å². The van der Waals surface area contributed by atoms with Gasteiger partial charge in [-0.25, -0.2) is 0 Å². The molecule has 0 aromatic carbocycles. The summed E-state index contributed by atoms with van der Waals surface area (Å²) in [6.07, 6.45) is 1.34. The van der Waals surface area contributed by atoms with Gasteiger partial charge in [-0.05, 0) is 0 Å². The second kappa shape index (κ2) is 2.77. The summed E-state index contributed by atoms with van der Waals surface area (Å²) in [6, 6.07) is 0. The molecule has 0 fully saturated rings. The summed E-state index contributed by atoms with van der Waals surface area (Å²) >= 11 is 0.584. The van der Waals surface area contributed by atoms with Crippen LogP contribution in [0.2, 0.25) is 9.91 Å². The predicted octanol–water partition coefficient (Wildman–Crippen LogP) is 2.35. The zero-order chi connectivity index (χ0) is 5.91. The van der Waals surface area contributed by atoms with Gasteiger partial charge in [0.2, 0.25) is 0 Å². The van der Waals surface area contributed by atoms with E-state index in [0.29, 0.717) is 20.0 Å². The Morgan fingerprint density at radius 2 is 1.86 bits per heavy atom. The van der Waals surface area contributed by atoms with Gasteiger partial charge in [0.1, 0.15) is 0 Å². The second-order valence-corrected chi connectivity index (χ2v) is 5.87. The predicted molar refractivity (Wildman–Crippen MR) is 35.9 cm³/mol. The molecule has 0 aliphatic heterocycles. The van der Waals surface area contributed by atoms with Crippen LogP contribution < -0.4 is 0 Å². The molecule has 1 radical (unpaired) electrons. The zero-order valence-electron chi connectivity index (χ0n) is 5.65. The Balaban J connectivity index is 3.36. The Hall–Kier alpha value is 0.558. The van der Waals surface area contributed by atoms with Crippen molar-refractivity contribution in [3.8, 4) is 0 Å². The average Bonchev–Trinajstić information content (AvgIpc) is 1.68. The van der Waals surface area contributed by atoms with E-state index in [0.717, 1.165) is 0 Å². The van der Waals surface area contributed by atoms with Crippen LogP contribution in [0.3, 0.4) is 0 Å². The summed E-state index contributed by atoms with van der Waals surface area (Å²) in [5.41, 5.74) is 2.33. The third kappa shape index (κ3) is 3.17. The molecular formula is C6H14As. The molecule has 1 heteroatoms. The van der Waals surface area contributed by atoms with Crippen LogP contribution in [0.5, 0.6) is 0 Å². The molecule has 0 spiro atoms. The molecule has 0 saturated carbocycles. The fraction of sp³-hybridized carbons (Fsp3) is 1.00. The van der Waals surface area contributed by atoms with Gasteiger partial charge in [-0.15, -0.1) is 0 Å². The first-order valence-electron chi connectivity index (χ1n) is 2.73. The standard InChI is InChI=1S/C6H14As/c1-5-6(2,3)7-4/h5H2,1-4H3. The molecule has 0 heterocycles. The minimum absolute atomic E-state index is 0.584. The van der Waals surface area contributed by atoms with E-state index >= 15 is 0 Å². The summed E-state index contributed by atoms with van der Waals surface area (Å²) in [5.74, 6) is 0. The van der Waals surface area contributed by atoms with Crippen molar-refractivity contribution in [2.24, 2.45) is 0 Å². The molecule has 0 aromatic heterocycles. The molecule has 0 N–H and O–H groups in total. The van der Waals surface area contributed by atoms with Crippen molar-refractivity contribution >= 4 is 15.8 Å². The summed E-state index contributed by atoms with van der Waals surface area (Å²) in [7, 11) is 0. The van der Waals surface area contributed by atoms with Gasteiger partial charge in [0, 0.05) is 0 Å². The van der Waals surface area contributed by atoms with Crippen molar-refractivity contribution in [2.45, 2.75) is 37.1 Å². The Morgan fingerprint density at radius 3 is 1.86 bits per heavy atom. The Labute approximate surface area is 53.4 Å². The van der Waals surface area contributed by atoms with Gasteiger partial charge in [0.15, 0.2) is 0 Å². The normalized spacial score (nSPS) is 13.7. The molecule has 0 rings (SSSR count). The monoisotopic (exact) mass is 161 g/mol. The molecule has 0 aromatic rings. The topological polar surface area (TPSA) is 0 Å². The SMILES string of the molecule is CCC(C)(C)[As]C. The van der Waals surface area contributed by atoms with Gasteiger partial charge in [0.25, 0.3) is 0 Å². The van der Waals surface area contributed by atoms with Gasteiger partial charge in [-0.2, -0.15) is 0 Å². The van der Waals surface area contributed by atoms with Crippen molar-refractivity contribution in [2.75, 3.05) is 0 Å². The van der Waals surface area contributed by atoms with Crippen LogP contribution in [0.1, 0.15) is 27.2 Å². The fourth-order valence-electron chi connectivity index (χ4n) is 0.158. The molecular weight excluding hydrogens is 147 g/mol. The zero-order valence-corrected chi connectivity index (χ0v) is 7.53. The van der Waals surface area contributed by atoms with Crippen molar-refractivity contribution in [1.29, 1.82) is 0 Å². The summed E-state index contributed by atoms with van der Waals surface area (Å²) < 4.78 is 0.677. The third-order valence-electron chi connectivity index (χ3n) is 1.47.